The van der Waals surface area contributed by atoms with E-state index >= 15 is 0 Å². The minimum absolute atomic E-state index is 0.114. The van der Waals surface area contributed by atoms with Gasteiger partial charge in [0.25, 0.3) is 0 Å². The number of carbonyl (C=O) groups is 1. The molecular formula is C9H16FNO. The first-order valence-corrected chi connectivity index (χ1v) is 4.14. The van der Waals surface area contributed by atoms with E-state index in [0.717, 1.165) is 0 Å². The maximum atomic E-state index is 11.8. The summed E-state index contributed by atoms with van der Waals surface area (Å²) in [5.41, 5.74) is 0. The number of ketones is 1. The van der Waals surface area contributed by atoms with Gasteiger partial charge in [-0.3, -0.25) is 4.79 Å². The molecule has 2 nitrogen and oxygen atoms in total. The molecule has 0 fully saturated rings. The highest BCUT2D eigenvalue weighted by Crippen LogP contribution is 1.87. The lowest BCUT2D eigenvalue weighted by molar-refractivity contribution is -0.114. The summed E-state index contributed by atoms with van der Waals surface area (Å²) >= 11 is 0. The number of alkyl halides is 1. The van der Waals surface area contributed by atoms with Crippen molar-refractivity contribution in [2.75, 3.05) is 26.8 Å². The fourth-order valence-electron chi connectivity index (χ4n) is 0.718. The largest absolute Gasteiger partial charge is 0.300 e. The quantitative estimate of drug-likeness (QED) is 0.566. The van der Waals surface area contributed by atoms with Crippen LogP contribution in [0.5, 0.6) is 0 Å². The van der Waals surface area contributed by atoms with Gasteiger partial charge in [-0.25, -0.2) is 4.39 Å². The van der Waals surface area contributed by atoms with Crippen LogP contribution < -0.4 is 0 Å². The topological polar surface area (TPSA) is 20.3 Å². The highest BCUT2D eigenvalue weighted by molar-refractivity contribution is 5.89. The van der Waals surface area contributed by atoms with Gasteiger partial charge in [-0.2, -0.15) is 0 Å². The van der Waals surface area contributed by atoms with Crippen molar-refractivity contribution in [2.45, 2.75) is 13.3 Å². The maximum Gasteiger partial charge on any atom is 0.155 e. The molecular weight excluding hydrogens is 157 g/mol. The molecule has 0 aromatic heterocycles. The third-order valence-electron chi connectivity index (χ3n) is 1.54. The fourth-order valence-corrected chi connectivity index (χ4v) is 0.718. The zero-order valence-corrected chi connectivity index (χ0v) is 7.72. The van der Waals surface area contributed by atoms with E-state index in [1.165, 1.54) is 0 Å². The lowest BCUT2D eigenvalue weighted by Crippen LogP contribution is -2.20. The molecule has 3 heteroatoms. The molecule has 0 bridgehead atoms. The van der Waals surface area contributed by atoms with Crippen LogP contribution in [0.4, 0.5) is 4.39 Å². The minimum Gasteiger partial charge on any atom is -0.300 e. The van der Waals surface area contributed by atoms with Gasteiger partial charge in [0.15, 0.2) is 5.78 Å². The summed E-state index contributed by atoms with van der Waals surface area (Å²) < 4.78 is 11.8. The van der Waals surface area contributed by atoms with Crippen LogP contribution in [0.3, 0.4) is 0 Å². The van der Waals surface area contributed by atoms with Crippen molar-refractivity contribution in [3.63, 3.8) is 0 Å². The molecule has 70 valence electrons. The summed E-state index contributed by atoms with van der Waals surface area (Å²) in [6.45, 7) is 2.53. The van der Waals surface area contributed by atoms with Crippen LogP contribution in [-0.2, 0) is 4.79 Å². The summed E-state index contributed by atoms with van der Waals surface area (Å²) in [4.78, 5) is 12.6. The van der Waals surface area contributed by atoms with Gasteiger partial charge in [-0.05, 0) is 13.1 Å². The molecule has 0 aliphatic heterocycles. The summed E-state index contributed by atoms with van der Waals surface area (Å²) in [5, 5.41) is 0. The number of hydrogen-bond acceptors (Lipinski definition) is 2. The lowest BCUT2D eigenvalue weighted by Gasteiger charge is -2.10. The molecule has 0 aromatic rings. The van der Waals surface area contributed by atoms with Crippen molar-refractivity contribution in [1.82, 2.24) is 4.90 Å². The highest BCUT2D eigenvalue weighted by atomic mass is 19.1. The van der Waals surface area contributed by atoms with Crippen LogP contribution in [0.1, 0.15) is 13.3 Å². The smallest absolute Gasteiger partial charge is 0.155 e. The predicted molar refractivity (Wildman–Crippen MR) is 47.9 cm³/mol. The van der Waals surface area contributed by atoms with Gasteiger partial charge >= 0.3 is 0 Å². The van der Waals surface area contributed by atoms with Crippen molar-refractivity contribution in [2.24, 2.45) is 0 Å². The Morgan fingerprint density at radius 1 is 1.58 bits per heavy atom. The fraction of sp³-hybridized carbons (Fsp3) is 0.667. The van der Waals surface area contributed by atoms with E-state index in [1.807, 2.05) is 18.9 Å². The van der Waals surface area contributed by atoms with Crippen LogP contribution >= 0.6 is 0 Å². The summed E-state index contributed by atoms with van der Waals surface area (Å²) in [7, 11) is 1.82. The molecule has 0 saturated heterocycles. The molecule has 0 spiro atoms. The second-order valence-electron chi connectivity index (χ2n) is 2.67. The number of allylic oxidation sites excluding steroid dienone is 1. The Morgan fingerprint density at radius 2 is 2.25 bits per heavy atom. The third-order valence-corrected chi connectivity index (χ3v) is 1.54. The molecule has 0 aliphatic carbocycles. The Balaban J connectivity index is 3.52. The molecule has 12 heavy (non-hydrogen) atoms. The zero-order chi connectivity index (χ0) is 9.40. The number of carbonyl (C=O) groups excluding carboxylic acids is 1. The van der Waals surface area contributed by atoms with Gasteiger partial charge in [0.2, 0.25) is 0 Å². The molecule has 0 amide bonds. The molecule has 0 N–H and O–H groups in total. The zero-order valence-electron chi connectivity index (χ0n) is 7.72. The number of hydrogen-bond donors (Lipinski definition) is 0. The van der Waals surface area contributed by atoms with Crippen LogP contribution in [0.25, 0.3) is 0 Å². The highest BCUT2D eigenvalue weighted by Gasteiger charge is 1.94. The average molecular weight is 173 g/mol. The van der Waals surface area contributed by atoms with Gasteiger partial charge in [0, 0.05) is 19.5 Å². The second kappa shape index (κ2) is 6.98. The molecule has 0 atom stereocenters. The van der Waals surface area contributed by atoms with E-state index in [9.17, 15) is 9.18 Å². The van der Waals surface area contributed by atoms with Crippen molar-refractivity contribution >= 4 is 5.78 Å². The van der Waals surface area contributed by atoms with Gasteiger partial charge in [0.1, 0.15) is 6.67 Å². The second-order valence-corrected chi connectivity index (χ2v) is 2.67. The minimum atomic E-state index is -0.341. The summed E-state index contributed by atoms with van der Waals surface area (Å²) in [6.07, 6.45) is 3.85. The normalized spacial score (nSPS) is 11.3. The third kappa shape index (κ3) is 6.04. The van der Waals surface area contributed by atoms with E-state index in [-0.39, 0.29) is 12.5 Å². The monoisotopic (exact) mass is 173 g/mol. The molecule has 0 rings (SSSR count). The Labute approximate surface area is 73.1 Å². The van der Waals surface area contributed by atoms with E-state index in [4.69, 9.17) is 0 Å². The van der Waals surface area contributed by atoms with Crippen molar-refractivity contribution in [3.8, 4) is 0 Å². The average Bonchev–Trinajstić information content (AvgIpc) is 2.04. The van der Waals surface area contributed by atoms with Crippen LogP contribution in [0.2, 0.25) is 0 Å². The number of halogens is 1. The van der Waals surface area contributed by atoms with Gasteiger partial charge in [-0.15, -0.1) is 0 Å². The first kappa shape index (κ1) is 11.3. The number of rotatable bonds is 6. The molecule has 0 aliphatic rings. The van der Waals surface area contributed by atoms with Gasteiger partial charge in [0.05, 0.1) is 0 Å². The Bertz CT molecular complexity index is 157. The van der Waals surface area contributed by atoms with Crippen LogP contribution in [0.15, 0.2) is 12.2 Å². The Hall–Kier alpha value is -0.700. The van der Waals surface area contributed by atoms with E-state index in [0.29, 0.717) is 19.5 Å². The molecule has 0 saturated carbocycles. The summed E-state index contributed by atoms with van der Waals surface area (Å²) in [5.74, 6) is 0.114. The summed E-state index contributed by atoms with van der Waals surface area (Å²) in [6, 6.07) is 0. The molecule has 0 unspecified atom stereocenters. The number of nitrogens with zero attached hydrogens (tertiary/aromatic N) is 1. The molecule has 0 radical (unpaired) electrons. The van der Waals surface area contributed by atoms with Crippen molar-refractivity contribution in [3.05, 3.63) is 12.2 Å². The predicted octanol–water partition coefficient (Wildman–Crippen LogP) is 1.42. The van der Waals surface area contributed by atoms with Gasteiger partial charge in [-0.1, -0.05) is 13.0 Å². The van der Waals surface area contributed by atoms with Crippen LogP contribution in [-0.4, -0.2) is 37.5 Å². The Morgan fingerprint density at radius 3 is 2.75 bits per heavy atom. The van der Waals surface area contributed by atoms with E-state index in [1.54, 1.807) is 12.2 Å². The molecule has 0 heterocycles. The lowest BCUT2D eigenvalue weighted by atomic mass is 10.3. The maximum absolute atomic E-state index is 11.8. The van der Waals surface area contributed by atoms with Gasteiger partial charge < -0.3 is 4.90 Å². The number of likely N-dealkylation sites (N-methyl/N-ethyl adjacent to an activating group) is 1. The van der Waals surface area contributed by atoms with Crippen molar-refractivity contribution < 1.29 is 9.18 Å². The first-order chi connectivity index (χ1) is 5.70. The Kier molecular flexibility index (Phi) is 6.57. The SMILES string of the molecule is CCC(=O)/C=C/CN(C)CCF. The first-order valence-electron chi connectivity index (χ1n) is 4.14. The van der Waals surface area contributed by atoms with E-state index < -0.39 is 0 Å². The van der Waals surface area contributed by atoms with Crippen LogP contribution in [0, 0.1) is 0 Å². The molecule has 0 aromatic carbocycles. The standard InChI is InChI=1S/C9H16FNO/c1-3-9(12)5-4-7-11(2)8-6-10/h4-5H,3,6-8H2,1-2H3/b5-4+. The van der Waals surface area contributed by atoms with Crippen molar-refractivity contribution in [1.29, 1.82) is 0 Å². The van der Waals surface area contributed by atoms with E-state index in [2.05, 4.69) is 0 Å².